The van der Waals surface area contributed by atoms with E-state index in [1.165, 1.54) is 12.7 Å². The molecular weight excluding hydrogens is 536 g/mol. The van der Waals surface area contributed by atoms with Gasteiger partial charge >= 0.3 is 0 Å². The lowest BCUT2D eigenvalue weighted by Crippen LogP contribution is -2.24. The number of amides is 1. The number of benzene rings is 4. The molecule has 5 aromatic rings. The number of anilines is 4. The number of carbonyl (C=O) groups is 2. The van der Waals surface area contributed by atoms with Gasteiger partial charge in [0.25, 0.3) is 11.7 Å². The highest BCUT2D eigenvalue weighted by molar-refractivity contribution is 6.48. The first-order valence-corrected chi connectivity index (χ1v) is 14.2. The molecule has 1 heterocycles. The number of aromatic nitrogens is 1. The molecule has 7 heteroatoms. The van der Waals surface area contributed by atoms with Crippen molar-refractivity contribution in [1.29, 1.82) is 0 Å². The Morgan fingerprint density at radius 3 is 2.26 bits per heavy atom. The van der Waals surface area contributed by atoms with E-state index in [9.17, 15) is 9.59 Å². The number of rotatable bonds is 9. The Morgan fingerprint density at radius 1 is 0.814 bits per heavy atom. The number of Topliss-reactive ketones (excluding diaryl/α,β-unsaturated/α-hetero) is 1. The fraction of sp³-hybridized carbons (Fsp3) is 0.194. The SMILES string of the molecule is COc1ccc(C(C)(C)C)cc1NC(=O)C(=O)c1ccc(Nc2ccnc(NC(C)c3ccccc3)c2)c2ccccc12. The lowest BCUT2D eigenvalue weighted by molar-refractivity contribution is -0.112. The number of nitrogens with one attached hydrogen (secondary N) is 3. The van der Waals surface area contributed by atoms with Crippen molar-refractivity contribution in [1.82, 2.24) is 4.98 Å². The van der Waals surface area contributed by atoms with Crippen molar-refractivity contribution in [2.75, 3.05) is 23.1 Å². The first-order chi connectivity index (χ1) is 20.6. The van der Waals surface area contributed by atoms with Gasteiger partial charge in [0.05, 0.1) is 12.8 Å². The number of methoxy groups -OCH3 is 1. The first kappa shape index (κ1) is 29.3. The zero-order valence-electron chi connectivity index (χ0n) is 25.1. The van der Waals surface area contributed by atoms with Crippen LogP contribution in [0.2, 0.25) is 0 Å². The summed E-state index contributed by atoms with van der Waals surface area (Å²) in [6.07, 6.45) is 1.75. The maximum absolute atomic E-state index is 13.5. The minimum absolute atomic E-state index is 0.0807. The van der Waals surface area contributed by atoms with Gasteiger partial charge in [-0.2, -0.15) is 0 Å². The summed E-state index contributed by atoms with van der Waals surface area (Å²) in [5, 5.41) is 11.2. The minimum atomic E-state index is -0.729. The first-order valence-electron chi connectivity index (χ1n) is 14.2. The predicted octanol–water partition coefficient (Wildman–Crippen LogP) is 8.28. The van der Waals surface area contributed by atoms with Crippen LogP contribution in [0.25, 0.3) is 10.8 Å². The number of hydrogen-bond acceptors (Lipinski definition) is 6. The zero-order valence-corrected chi connectivity index (χ0v) is 25.1. The number of fused-ring (bicyclic) bond motifs is 1. The number of ketones is 1. The lowest BCUT2D eigenvalue weighted by atomic mass is 9.87. The Hall–Kier alpha value is -5.17. The monoisotopic (exact) mass is 572 g/mol. The smallest absolute Gasteiger partial charge is 0.296 e. The molecule has 0 spiro atoms. The molecule has 5 rings (SSSR count). The van der Waals surface area contributed by atoms with Gasteiger partial charge in [-0.25, -0.2) is 4.98 Å². The van der Waals surface area contributed by atoms with Crippen LogP contribution in [0.3, 0.4) is 0 Å². The van der Waals surface area contributed by atoms with Gasteiger partial charge in [0.1, 0.15) is 11.6 Å². The van der Waals surface area contributed by atoms with Crippen LogP contribution < -0.4 is 20.7 Å². The molecule has 43 heavy (non-hydrogen) atoms. The van der Waals surface area contributed by atoms with Crippen molar-refractivity contribution in [2.45, 2.75) is 39.2 Å². The van der Waals surface area contributed by atoms with Gasteiger partial charge in [-0.15, -0.1) is 0 Å². The maximum Gasteiger partial charge on any atom is 0.296 e. The van der Waals surface area contributed by atoms with E-state index in [1.807, 2.05) is 72.8 Å². The van der Waals surface area contributed by atoms with Gasteiger partial charge in [0.15, 0.2) is 0 Å². The lowest BCUT2D eigenvalue weighted by Gasteiger charge is -2.21. The van der Waals surface area contributed by atoms with Crippen molar-refractivity contribution in [3.05, 3.63) is 120 Å². The van der Waals surface area contributed by atoms with Crippen LogP contribution in [-0.2, 0) is 10.2 Å². The number of nitrogens with zero attached hydrogens (tertiary/aromatic N) is 1. The Bertz CT molecular complexity index is 1780. The highest BCUT2D eigenvalue weighted by Crippen LogP contribution is 2.33. The molecule has 1 unspecified atom stereocenters. The molecule has 0 aliphatic heterocycles. The fourth-order valence-corrected chi connectivity index (χ4v) is 4.97. The van der Waals surface area contributed by atoms with E-state index in [0.717, 1.165) is 28.1 Å². The molecule has 0 bridgehead atoms. The Balaban J connectivity index is 1.38. The molecule has 7 nitrogen and oxygen atoms in total. The Kier molecular flexibility index (Phi) is 8.44. The molecule has 0 aliphatic rings. The molecule has 3 N–H and O–H groups in total. The van der Waals surface area contributed by atoms with Crippen molar-refractivity contribution in [2.24, 2.45) is 0 Å². The highest BCUT2D eigenvalue weighted by Gasteiger charge is 2.23. The summed E-state index contributed by atoms with van der Waals surface area (Å²) >= 11 is 0. The number of pyridine rings is 1. The number of ether oxygens (including phenoxy) is 1. The van der Waals surface area contributed by atoms with Crippen LogP contribution in [0.15, 0.2) is 103 Å². The fourth-order valence-electron chi connectivity index (χ4n) is 4.97. The predicted molar refractivity (Wildman–Crippen MR) is 175 cm³/mol. The molecular formula is C36H36N4O3. The molecule has 0 fully saturated rings. The summed E-state index contributed by atoms with van der Waals surface area (Å²) in [5.74, 6) is -0.133. The van der Waals surface area contributed by atoms with E-state index in [2.05, 4.69) is 60.8 Å². The molecule has 1 amide bonds. The average molecular weight is 573 g/mol. The standard InChI is InChI=1S/C36H36N4O3/c1-23(24-11-7-6-8-12-24)38-33-22-26(19-20-37-33)39-30-17-16-29(27-13-9-10-14-28(27)30)34(41)35(42)40-31-21-25(36(2,3)4)15-18-32(31)43-5/h6-23H,1-5H3,(H,40,42)(H2,37,38,39). The van der Waals surface area contributed by atoms with Gasteiger partial charge in [0, 0.05) is 40.6 Å². The van der Waals surface area contributed by atoms with Crippen molar-refractivity contribution < 1.29 is 14.3 Å². The Morgan fingerprint density at radius 2 is 1.53 bits per heavy atom. The summed E-state index contributed by atoms with van der Waals surface area (Å²) in [4.78, 5) is 31.2. The molecule has 1 aromatic heterocycles. The highest BCUT2D eigenvalue weighted by atomic mass is 16.5. The number of carbonyl (C=O) groups excluding carboxylic acids is 2. The minimum Gasteiger partial charge on any atom is -0.495 e. The molecule has 0 aliphatic carbocycles. The van der Waals surface area contributed by atoms with Gasteiger partial charge in [-0.1, -0.05) is 81.4 Å². The molecule has 4 aromatic carbocycles. The largest absolute Gasteiger partial charge is 0.495 e. The second kappa shape index (κ2) is 12.4. The normalized spacial score (nSPS) is 11.9. The Labute approximate surface area is 252 Å². The number of hydrogen-bond donors (Lipinski definition) is 3. The van der Waals surface area contributed by atoms with Crippen LogP contribution in [0.4, 0.5) is 22.9 Å². The quantitative estimate of drug-likeness (QED) is 0.122. The van der Waals surface area contributed by atoms with E-state index in [-0.39, 0.29) is 11.5 Å². The van der Waals surface area contributed by atoms with Crippen LogP contribution in [0.5, 0.6) is 5.75 Å². The summed E-state index contributed by atoms with van der Waals surface area (Å²) in [6, 6.07) is 30.8. The second-order valence-corrected chi connectivity index (χ2v) is 11.5. The van der Waals surface area contributed by atoms with Gasteiger partial charge in [-0.05, 0) is 59.2 Å². The van der Waals surface area contributed by atoms with Crippen LogP contribution >= 0.6 is 0 Å². The van der Waals surface area contributed by atoms with Crippen molar-refractivity contribution >= 4 is 45.3 Å². The van der Waals surface area contributed by atoms with Crippen LogP contribution in [-0.4, -0.2) is 23.8 Å². The van der Waals surface area contributed by atoms with E-state index in [1.54, 1.807) is 18.3 Å². The van der Waals surface area contributed by atoms with Crippen LogP contribution in [0, 0.1) is 0 Å². The summed E-state index contributed by atoms with van der Waals surface area (Å²) in [6.45, 7) is 8.35. The van der Waals surface area contributed by atoms with Crippen molar-refractivity contribution in [3.8, 4) is 5.75 Å². The average Bonchev–Trinajstić information content (AvgIpc) is 3.01. The summed E-state index contributed by atoms with van der Waals surface area (Å²) < 4.78 is 5.45. The van der Waals surface area contributed by atoms with Gasteiger partial charge in [0.2, 0.25) is 0 Å². The van der Waals surface area contributed by atoms with E-state index < -0.39 is 11.7 Å². The zero-order chi connectivity index (χ0) is 30.6. The molecule has 0 saturated heterocycles. The third kappa shape index (κ3) is 6.67. The summed E-state index contributed by atoms with van der Waals surface area (Å²) in [7, 11) is 1.54. The second-order valence-electron chi connectivity index (χ2n) is 11.5. The molecule has 1 atom stereocenters. The molecule has 218 valence electrons. The van der Waals surface area contributed by atoms with E-state index >= 15 is 0 Å². The topological polar surface area (TPSA) is 92.3 Å². The van der Waals surface area contributed by atoms with Crippen LogP contribution in [0.1, 0.15) is 55.2 Å². The molecule has 0 saturated carbocycles. The van der Waals surface area contributed by atoms with Crippen molar-refractivity contribution in [3.63, 3.8) is 0 Å². The summed E-state index contributed by atoms with van der Waals surface area (Å²) in [5.41, 5.74) is 4.46. The third-order valence-corrected chi connectivity index (χ3v) is 7.39. The van der Waals surface area contributed by atoms with Gasteiger partial charge < -0.3 is 20.7 Å². The van der Waals surface area contributed by atoms with Gasteiger partial charge in [-0.3, -0.25) is 9.59 Å². The third-order valence-electron chi connectivity index (χ3n) is 7.39. The molecule has 0 radical (unpaired) electrons. The maximum atomic E-state index is 13.5. The van der Waals surface area contributed by atoms with E-state index in [4.69, 9.17) is 4.74 Å². The van der Waals surface area contributed by atoms with E-state index in [0.29, 0.717) is 22.4 Å².